The van der Waals surface area contributed by atoms with E-state index in [1.54, 1.807) is 0 Å². The predicted octanol–water partition coefficient (Wildman–Crippen LogP) is 3.78. The summed E-state index contributed by atoms with van der Waals surface area (Å²) in [7, 11) is 0. The van der Waals surface area contributed by atoms with E-state index >= 15 is 0 Å². The van der Waals surface area contributed by atoms with Crippen LogP contribution >= 0.6 is 12.2 Å². The maximum absolute atomic E-state index is 5.79. The van der Waals surface area contributed by atoms with Gasteiger partial charge in [0, 0.05) is 28.7 Å². The summed E-state index contributed by atoms with van der Waals surface area (Å²) in [4.78, 5) is 0.488. The van der Waals surface area contributed by atoms with Crippen LogP contribution in [0.25, 0.3) is 10.9 Å². The van der Waals surface area contributed by atoms with Gasteiger partial charge >= 0.3 is 0 Å². The van der Waals surface area contributed by atoms with Crippen molar-refractivity contribution in [3.05, 3.63) is 36.0 Å². The van der Waals surface area contributed by atoms with Crippen LogP contribution in [-0.2, 0) is 0 Å². The SMILES string of the molecule is NC(=S)c1cccc2c1ccn2C1CCCCC1. The molecule has 2 nitrogen and oxygen atoms in total. The smallest absolute Gasteiger partial charge is 0.104 e. The van der Waals surface area contributed by atoms with Gasteiger partial charge in [0.1, 0.15) is 4.99 Å². The van der Waals surface area contributed by atoms with E-state index in [0.29, 0.717) is 11.0 Å². The fourth-order valence-corrected chi connectivity index (χ4v) is 3.26. The summed E-state index contributed by atoms with van der Waals surface area (Å²) in [6.45, 7) is 0. The Morgan fingerprint density at radius 2 is 1.94 bits per heavy atom. The standard InChI is InChI=1S/C15H18N2S/c16-15(18)13-7-4-8-14-12(13)9-10-17(14)11-5-2-1-3-6-11/h4,7-11H,1-3,5-6H2,(H2,16,18). The molecule has 0 unspecified atom stereocenters. The molecular formula is C15H18N2S. The zero-order valence-electron chi connectivity index (χ0n) is 10.4. The molecule has 0 saturated heterocycles. The molecule has 1 saturated carbocycles. The van der Waals surface area contributed by atoms with Crippen molar-refractivity contribution in [2.24, 2.45) is 5.73 Å². The lowest BCUT2D eigenvalue weighted by Gasteiger charge is -2.24. The minimum absolute atomic E-state index is 0.488. The maximum atomic E-state index is 5.79. The maximum Gasteiger partial charge on any atom is 0.104 e. The quantitative estimate of drug-likeness (QED) is 0.831. The summed E-state index contributed by atoms with van der Waals surface area (Å²) in [5.41, 5.74) is 8.06. The van der Waals surface area contributed by atoms with E-state index < -0.39 is 0 Å². The Kier molecular flexibility index (Phi) is 3.08. The predicted molar refractivity (Wildman–Crippen MR) is 79.9 cm³/mol. The molecule has 18 heavy (non-hydrogen) atoms. The Bertz CT molecular complexity index is 579. The number of nitrogens with zero attached hydrogens (tertiary/aromatic N) is 1. The van der Waals surface area contributed by atoms with Gasteiger partial charge in [0.15, 0.2) is 0 Å². The summed E-state index contributed by atoms with van der Waals surface area (Å²) >= 11 is 5.12. The molecule has 1 aromatic carbocycles. The van der Waals surface area contributed by atoms with Crippen LogP contribution in [-0.4, -0.2) is 9.56 Å². The third-order valence-electron chi connectivity index (χ3n) is 4.00. The fourth-order valence-electron chi connectivity index (χ4n) is 3.08. The van der Waals surface area contributed by atoms with E-state index in [4.69, 9.17) is 18.0 Å². The van der Waals surface area contributed by atoms with Gasteiger partial charge < -0.3 is 10.3 Å². The molecule has 2 aromatic rings. The number of nitrogens with two attached hydrogens (primary N) is 1. The molecule has 1 fully saturated rings. The minimum atomic E-state index is 0.488. The van der Waals surface area contributed by atoms with Crippen LogP contribution in [0, 0.1) is 0 Å². The van der Waals surface area contributed by atoms with Gasteiger partial charge in [0.2, 0.25) is 0 Å². The van der Waals surface area contributed by atoms with Crippen LogP contribution in [0.3, 0.4) is 0 Å². The third-order valence-corrected chi connectivity index (χ3v) is 4.22. The second kappa shape index (κ2) is 4.73. The number of rotatable bonds is 2. The van der Waals surface area contributed by atoms with Gasteiger partial charge in [-0.3, -0.25) is 0 Å². The van der Waals surface area contributed by atoms with E-state index in [9.17, 15) is 0 Å². The molecule has 1 aliphatic rings. The summed E-state index contributed by atoms with van der Waals surface area (Å²) in [6.07, 6.45) is 8.86. The van der Waals surface area contributed by atoms with Crippen LogP contribution in [0.1, 0.15) is 43.7 Å². The lowest BCUT2D eigenvalue weighted by atomic mass is 9.95. The first-order valence-corrected chi connectivity index (χ1v) is 7.07. The van der Waals surface area contributed by atoms with Crippen molar-refractivity contribution in [3.63, 3.8) is 0 Å². The van der Waals surface area contributed by atoms with Crippen LogP contribution in [0.4, 0.5) is 0 Å². The number of aromatic nitrogens is 1. The van der Waals surface area contributed by atoms with Crippen LogP contribution in [0.2, 0.25) is 0 Å². The van der Waals surface area contributed by atoms with Crippen molar-refractivity contribution in [2.75, 3.05) is 0 Å². The average Bonchev–Trinajstić information content (AvgIpc) is 2.83. The normalized spacial score (nSPS) is 17.1. The zero-order valence-corrected chi connectivity index (χ0v) is 11.2. The van der Waals surface area contributed by atoms with Crippen molar-refractivity contribution in [1.82, 2.24) is 4.57 Å². The minimum Gasteiger partial charge on any atom is -0.389 e. The monoisotopic (exact) mass is 258 g/mol. The highest BCUT2D eigenvalue weighted by Gasteiger charge is 2.17. The van der Waals surface area contributed by atoms with E-state index in [-0.39, 0.29) is 0 Å². The van der Waals surface area contributed by atoms with Gasteiger partial charge in [0.05, 0.1) is 0 Å². The van der Waals surface area contributed by atoms with Crippen LogP contribution in [0.15, 0.2) is 30.5 Å². The Morgan fingerprint density at radius 3 is 2.67 bits per heavy atom. The van der Waals surface area contributed by atoms with Crippen molar-refractivity contribution in [2.45, 2.75) is 38.1 Å². The van der Waals surface area contributed by atoms with Crippen molar-refractivity contribution in [1.29, 1.82) is 0 Å². The first-order chi connectivity index (χ1) is 8.77. The molecule has 3 rings (SSSR count). The highest BCUT2D eigenvalue weighted by atomic mass is 32.1. The lowest BCUT2D eigenvalue weighted by Crippen LogP contribution is -2.12. The summed E-state index contributed by atoms with van der Waals surface area (Å²) in [5.74, 6) is 0. The molecule has 0 aliphatic heterocycles. The van der Waals surface area contributed by atoms with E-state index in [1.807, 2.05) is 6.07 Å². The van der Waals surface area contributed by atoms with Gasteiger partial charge in [-0.25, -0.2) is 0 Å². The fraction of sp³-hybridized carbons (Fsp3) is 0.400. The number of thiocarbonyl (C=S) groups is 1. The van der Waals surface area contributed by atoms with Crippen molar-refractivity contribution in [3.8, 4) is 0 Å². The van der Waals surface area contributed by atoms with E-state index in [1.165, 1.54) is 43.0 Å². The Balaban J connectivity index is 2.08. The van der Waals surface area contributed by atoms with E-state index in [2.05, 4.69) is 29.0 Å². The second-order valence-electron chi connectivity index (χ2n) is 5.12. The Hall–Kier alpha value is -1.35. The molecule has 3 heteroatoms. The topological polar surface area (TPSA) is 30.9 Å². The summed E-state index contributed by atoms with van der Waals surface area (Å²) in [5, 5.41) is 1.19. The van der Waals surface area contributed by atoms with Gasteiger partial charge in [-0.15, -0.1) is 0 Å². The number of benzene rings is 1. The van der Waals surface area contributed by atoms with Crippen LogP contribution < -0.4 is 5.73 Å². The lowest BCUT2D eigenvalue weighted by molar-refractivity contribution is 0.361. The number of fused-ring (bicyclic) bond motifs is 1. The molecule has 1 heterocycles. The van der Waals surface area contributed by atoms with Crippen molar-refractivity contribution < 1.29 is 0 Å². The molecule has 0 spiro atoms. The Morgan fingerprint density at radius 1 is 1.17 bits per heavy atom. The van der Waals surface area contributed by atoms with Crippen molar-refractivity contribution >= 4 is 28.1 Å². The van der Waals surface area contributed by atoms with Gasteiger partial charge in [-0.2, -0.15) is 0 Å². The number of hydrogen-bond acceptors (Lipinski definition) is 1. The van der Waals surface area contributed by atoms with E-state index in [0.717, 1.165) is 5.56 Å². The van der Waals surface area contributed by atoms with Gasteiger partial charge in [-0.05, 0) is 25.0 Å². The van der Waals surface area contributed by atoms with Crippen LogP contribution in [0.5, 0.6) is 0 Å². The molecule has 0 bridgehead atoms. The highest BCUT2D eigenvalue weighted by Crippen LogP contribution is 2.32. The largest absolute Gasteiger partial charge is 0.389 e. The molecule has 1 aromatic heterocycles. The Labute approximate surface area is 113 Å². The molecule has 1 aliphatic carbocycles. The van der Waals surface area contributed by atoms with Gasteiger partial charge in [-0.1, -0.05) is 43.6 Å². The number of hydrogen-bond donors (Lipinski definition) is 1. The molecule has 94 valence electrons. The first kappa shape index (κ1) is 11.7. The first-order valence-electron chi connectivity index (χ1n) is 6.67. The molecular weight excluding hydrogens is 240 g/mol. The molecule has 0 amide bonds. The summed E-state index contributed by atoms with van der Waals surface area (Å²) < 4.78 is 2.41. The average molecular weight is 258 g/mol. The summed E-state index contributed by atoms with van der Waals surface area (Å²) in [6, 6.07) is 9.04. The zero-order chi connectivity index (χ0) is 12.5. The molecule has 2 N–H and O–H groups in total. The highest BCUT2D eigenvalue weighted by molar-refractivity contribution is 7.80. The second-order valence-corrected chi connectivity index (χ2v) is 5.56. The molecule has 0 radical (unpaired) electrons. The van der Waals surface area contributed by atoms with Gasteiger partial charge in [0.25, 0.3) is 0 Å². The third kappa shape index (κ3) is 1.93. The molecule has 0 atom stereocenters.